The topological polar surface area (TPSA) is 114 Å². The number of amides is 1. The third-order valence-electron chi connectivity index (χ3n) is 6.12. The minimum atomic E-state index is -0.737. The van der Waals surface area contributed by atoms with Gasteiger partial charge in [0, 0.05) is 49.3 Å². The Hall–Kier alpha value is -3.78. The van der Waals surface area contributed by atoms with Gasteiger partial charge in [0.05, 0.1) is 28.2 Å². The SMILES string of the molecule is CO[C@@H]1CN(c2nc3ccccc3cc2-c2cc(=O)c3c(C(N)=O)nccc3[nH]2)C[C@@H]1C. The first-order valence-electron chi connectivity index (χ1n) is 10.5. The van der Waals surface area contributed by atoms with Crippen molar-refractivity contribution in [2.75, 3.05) is 25.1 Å². The highest BCUT2D eigenvalue weighted by Crippen LogP contribution is 2.35. The summed E-state index contributed by atoms with van der Waals surface area (Å²) in [5, 5.41) is 1.16. The molecule has 1 amide bonds. The third-order valence-corrected chi connectivity index (χ3v) is 6.12. The summed E-state index contributed by atoms with van der Waals surface area (Å²) in [5.74, 6) is 0.397. The van der Waals surface area contributed by atoms with E-state index in [-0.39, 0.29) is 22.6 Å². The molecule has 1 fully saturated rings. The molecule has 1 aliphatic heterocycles. The molecule has 1 aliphatic rings. The second-order valence-corrected chi connectivity index (χ2v) is 8.20. The molecule has 4 aromatic rings. The Morgan fingerprint density at radius 3 is 2.78 bits per heavy atom. The van der Waals surface area contributed by atoms with Crippen LogP contribution in [0.1, 0.15) is 17.4 Å². The summed E-state index contributed by atoms with van der Waals surface area (Å²) in [6.45, 7) is 3.67. The summed E-state index contributed by atoms with van der Waals surface area (Å²) in [4.78, 5) is 39.2. The largest absolute Gasteiger partial charge is 0.379 e. The Morgan fingerprint density at radius 1 is 1.22 bits per heavy atom. The van der Waals surface area contributed by atoms with Gasteiger partial charge in [-0.15, -0.1) is 0 Å². The van der Waals surface area contributed by atoms with Gasteiger partial charge in [-0.1, -0.05) is 25.1 Å². The quantitative estimate of drug-likeness (QED) is 0.516. The predicted molar refractivity (Wildman–Crippen MR) is 124 cm³/mol. The molecule has 4 heterocycles. The lowest BCUT2D eigenvalue weighted by Gasteiger charge is -2.22. The number of methoxy groups -OCH3 is 1. The van der Waals surface area contributed by atoms with Gasteiger partial charge in [-0.3, -0.25) is 14.6 Å². The number of nitrogens with two attached hydrogens (primary N) is 1. The molecule has 0 aliphatic carbocycles. The summed E-state index contributed by atoms with van der Waals surface area (Å²) in [5.41, 5.74) is 7.87. The van der Waals surface area contributed by atoms with Crippen molar-refractivity contribution in [3.05, 3.63) is 64.6 Å². The van der Waals surface area contributed by atoms with E-state index in [1.165, 1.54) is 12.3 Å². The molecule has 0 spiro atoms. The van der Waals surface area contributed by atoms with Crippen LogP contribution in [0.15, 0.2) is 53.5 Å². The Morgan fingerprint density at radius 2 is 2.03 bits per heavy atom. The van der Waals surface area contributed by atoms with Crippen LogP contribution < -0.4 is 16.1 Å². The normalized spacial score (nSPS) is 18.5. The number of carbonyl (C=O) groups is 1. The van der Waals surface area contributed by atoms with Crippen LogP contribution in [0.3, 0.4) is 0 Å². The number of rotatable bonds is 4. The number of aromatic nitrogens is 3. The molecule has 3 N–H and O–H groups in total. The number of para-hydroxylation sites is 1. The zero-order valence-electron chi connectivity index (χ0n) is 17.8. The first-order chi connectivity index (χ1) is 15.5. The number of nitrogens with zero attached hydrogens (tertiary/aromatic N) is 3. The van der Waals surface area contributed by atoms with Crippen LogP contribution >= 0.6 is 0 Å². The molecule has 1 saturated heterocycles. The van der Waals surface area contributed by atoms with Gasteiger partial charge in [0.2, 0.25) is 0 Å². The van der Waals surface area contributed by atoms with Crippen LogP contribution in [-0.2, 0) is 4.74 Å². The summed E-state index contributed by atoms with van der Waals surface area (Å²) >= 11 is 0. The molecule has 0 radical (unpaired) electrons. The Bertz CT molecular complexity index is 1410. The molecule has 8 nitrogen and oxygen atoms in total. The van der Waals surface area contributed by atoms with E-state index in [0.29, 0.717) is 23.7 Å². The number of primary amides is 1. The van der Waals surface area contributed by atoms with E-state index in [0.717, 1.165) is 28.8 Å². The van der Waals surface area contributed by atoms with E-state index in [2.05, 4.69) is 21.8 Å². The van der Waals surface area contributed by atoms with Crippen LogP contribution in [-0.4, -0.2) is 47.2 Å². The van der Waals surface area contributed by atoms with Crippen molar-refractivity contribution in [3.63, 3.8) is 0 Å². The number of ether oxygens (including phenoxy) is 1. The van der Waals surface area contributed by atoms with E-state index < -0.39 is 5.91 Å². The second-order valence-electron chi connectivity index (χ2n) is 8.20. The standard InChI is InChI=1S/C24H23N5O3/c1-13-11-29(12-20(13)32-2)24-15(9-14-5-3-4-6-16(14)28-24)18-10-19(30)21-17(27-18)7-8-26-22(21)23(25)31/h3-10,13,20H,11-12H2,1-2H3,(H2,25,31)(H,27,30)/t13-,20+/m0/s1. The number of fused-ring (bicyclic) bond motifs is 2. The number of benzene rings is 1. The van der Waals surface area contributed by atoms with Gasteiger partial charge < -0.3 is 20.4 Å². The molecule has 0 bridgehead atoms. The van der Waals surface area contributed by atoms with Crippen molar-refractivity contribution in [3.8, 4) is 11.3 Å². The smallest absolute Gasteiger partial charge is 0.268 e. The minimum absolute atomic E-state index is 0.0385. The van der Waals surface area contributed by atoms with Gasteiger partial charge in [0.15, 0.2) is 5.43 Å². The summed E-state index contributed by atoms with van der Waals surface area (Å²) in [7, 11) is 1.73. The lowest BCUT2D eigenvalue weighted by Crippen LogP contribution is -2.24. The van der Waals surface area contributed by atoms with Crippen LogP contribution in [0, 0.1) is 5.92 Å². The Balaban J connectivity index is 1.74. The Kier molecular flexibility index (Phi) is 4.86. The first kappa shape index (κ1) is 20.1. The molecule has 5 rings (SSSR count). The lowest BCUT2D eigenvalue weighted by molar-refractivity contribution is 0.0899. The Labute approximate surface area is 184 Å². The van der Waals surface area contributed by atoms with Crippen molar-refractivity contribution in [1.29, 1.82) is 0 Å². The molecule has 1 aromatic carbocycles. The maximum atomic E-state index is 13.0. The van der Waals surface area contributed by atoms with Gasteiger partial charge in [-0.05, 0) is 18.2 Å². The maximum Gasteiger partial charge on any atom is 0.268 e. The highest BCUT2D eigenvalue weighted by molar-refractivity contribution is 6.04. The summed E-state index contributed by atoms with van der Waals surface area (Å²) in [6, 6.07) is 13.1. The van der Waals surface area contributed by atoms with Gasteiger partial charge in [0.1, 0.15) is 11.5 Å². The monoisotopic (exact) mass is 429 g/mol. The van der Waals surface area contributed by atoms with Gasteiger partial charge in [-0.25, -0.2) is 4.98 Å². The number of hydrogen-bond acceptors (Lipinski definition) is 6. The van der Waals surface area contributed by atoms with E-state index in [1.807, 2.05) is 30.3 Å². The van der Waals surface area contributed by atoms with Crippen molar-refractivity contribution in [2.24, 2.45) is 11.7 Å². The molecule has 32 heavy (non-hydrogen) atoms. The summed E-state index contributed by atoms with van der Waals surface area (Å²) < 4.78 is 5.64. The van der Waals surface area contributed by atoms with Gasteiger partial charge in [-0.2, -0.15) is 0 Å². The number of anilines is 1. The zero-order chi connectivity index (χ0) is 22.4. The van der Waals surface area contributed by atoms with Crippen molar-refractivity contribution >= 4 is 33.5 Å². The van der Waals surface area contributed by atoms with Crippen molar-refractivity contribution in [1.82, 2.24) is 15.0 Å². The highest BCUT2D eigenvalue weighted by atomic mass is 16.5. The molecular formula is C24H23N5O3. The van der Waals surface area contributed by atoms with Crippen LogP contribution in [0.2, 0.25) is 0 Å². The number of hydrogen-bond donors (Lipinski definition) is 2. The zero-order valence-corrected chi connectivity index (χ0v) is 17.8. The fraction of sp³-hybridized carbons (Fsp3) is 0.250. The fourth-order valence-electron chi connectivity index (χ4n) is 4.49. The lowest BCUT2D eigenvalue weighted by atomic mass is 10.1. The minimum Gasteiger partial charge on any atom is -0.379 e. The molecule has 162 valence electrons. The number of H-pyrrole nitrogens is 1. The van der Waals surface area contributed by atoms with Crippen molar-refractivity contribution in [2.45, 2.75) is 13.0 Å². The van der Waals surface area contributed by atoms with Crippen LogP contribution in [0.25, 0.3) is 33.1 Å². The average Bonchev–Trinajstić information content (AvgIpc) is 3.18. The van der Waals surface area contributed by atoms with E-state index in [1.54, 1.807) is 13.2 Å². The molecule has 8 heteroatoms. The first-order valence-corrected chi connectivity index (χ1v) is 10.5. The molecule has 2 atom stereocenters. The maximum absolute atomic E-state index is 13.0. The second kappa shape index (κ2) is 7.72. The number of nitrogens with one attached hydrogen (secondary N) is 1. The number of carbonyl (C=O) groups excluding carboxylic acids is 1. The average molecular weight is 429 g/mol. The number of aromatic amines is 1. The van der Waals surface area contributed by atoms with Crippen LogP contribution in [0.5, 0.6) is 0 Å². The van der Waals surface area contributed by atoms with E-state index in [4.69, 9.17) is 15.5 Å². The molecule has 0 unspecified atom stereocenters. The van der Waals surface area contributed by atoms with E-state index >= 15 is 0 Å². The molecular weight excluding hydrogens is 406 g/mol. The van der Waals surface area contributed by atoms with Crippen molar-refractivity contribution < 1.29 is 9.53 Å². The van der Waals surface area contributed by atoms with Gasteiger partial charge >= 0.3 is 0 Å². The van der Waals surface area contributed by atoms with Gasteiger partial charge in [0.25, 0.3) is 5.91 Å². The molecule has 3 aromatic heterocycles. The highest BCUT2D eigenvalue weighted by Gasteiger charge is 2.32. The predicted octanol–water partition coefficient (Wildman–Crippen LogP) is 2.71. The fourth-order valence-corrected chi connectivity index (χ4v) is 4.49. The summed E-state index contributed by atoms with van der Waals surface area (Å²) in [6.07, 6.45) is 1.57. The third kappa shape index (κ3) is 3.29. The number of pyridine rings is 3. The van der Waals surface area contributed by atoms with Crippen LogP contribution in [0.4, 0.5) is 5.82 Å². The molecule has 0 saturated carbocycles. The van der Waals surface area contributed by atoms with E-state index in [9.17, 15) is 9.59 Å².